The molecule has 0 bridgehead atoms. The lowest BCUT2D eigenvalue weighted by atomic mass is 9.72. The number of alkyl carbamates (subject to hydrolysis) is 1. The highest BCUT2D eigenvalue weighted by Crippen LogP contribution is 2.39. The Morgan fingerprint density at radius 1 is 1.09 bits per heavy atom. The SMILES string of the molecule is CCCC[C@H]1[C@@H](OC(=O)N[C@@H](Cc2ccccc2)[C@H](O)CN2C[C@H]3CCCC[C@H]3C[C@H]2C(=O)NC(C)(C)C)CCS1(=O)=O. The van der Waals surface area contributed by atoms with Gasteiger partial charge in [0.25, 0.3) is 0 Å². The second-order valence-corrected chi connectivity index (χ2v) is 16.4. The molecule has 1 aromatic carbocycles. The molecule has 1 saturated carbocycles. The summed E-state index contributed by atoms with van der Waals surface area (Å²) >= 11 is 0. The minimum atomic E-state index is -3.30. The first kappa shape index (κ1) is 33.7. The number of likely N-dealkylation sites (tertiary alicyclic amines) is 1. The maximum absolute atomic E-state index is 13.5. The van der Waals surface area contributed by atoms with Crippen molar-refractivity contribution in [2.45, 2.75) is 127 Å². The van der Waals surface area contributed by atoms with E-state index < -0.39 is 39.4 Å². The average molecular weight is 620 g/mol. The van der Waals surface area contributed by atoms with E-state index in [4.69, 9.17) is 4.74 Å². The molecule has 2 saturated heterocycles. The summed E-state index contributed by atoms with van der Waals surface area (Å²) in [5.74, 6) is 1.00. The first-order valence-corrected chi connectivity index (χ1v) is 18.0. The predicted octanol–water partition coefficient (Wildman–Crippen LogP) is 4.23. The number of carbonyl (C=O) groups excluding carboxylic acids is 2. The Morgan fingerprint density at radius 3 is 2.47 bits per heavy atom. The van der Waals surface area contributed by atoms with Crippen molar-refractivity contribution in [3.8, 4) is 0 Å². The highest BCUT2D eigenvalue weighted by molar-refractivity contribution is 7.92. The highest BCUT2D eigenvalue weighted by Gasteiger charge is 2.44. The number of piperidine rings is 1. The van der Waals surface area contributed by atoms with Crippen molar-refractivity contribution >= 4 is 21.8 Å². The number of nitrogens with one attached hydrogen (secondary N) is 2. The van der Waals surface area contributed by atoms with E-state index in [0.717, 1.165) is 44.2 Å². The summed E-state index contributed by atoms with van der Waals surface area (Å²) in [7, 11) is -3.30. The number of hydrogen-bond donors (Lipinski definition) is 3. The van der Waals surface area contributed by atoms with Gasteiger partial charge in [0.05, 0.1) is 29.2 Å². The van der Waals surface area contributed by atoms with E-state index in [9.17, 15) is 23.1 Å². The monoisotopic (exact) mass is 619 g/mol. The van der Waals surface area contributed by atoms with Gasteiger partial charge in [-0.05, 0) is 70.3 Å². The van der Waals surface area contributed by atoms with Gasteiger partial charge in [-0.2, -0.15) is 0 Å². The normalized spacial score (nSPS) is 28.8. The number of sulfone groups is 1. The highest BCUT2D eigenvalue weighted by atomic mass is 32.2. The second-order valence-electron chi connectivity index (χ2n) is 14.0. The molecule has 9 nitrogen and oxygen atoms in total. The van der Waals surface area contributed by atoms with Gasteiger partial charge in [0.15, 0.2) is 9.84 Å². The standard InChI is InChI=1S/C33H53N3O6S/c1-5-6-16-30-29(17-18-43(30,40)41)42-32(39)34-26(19-23-12-8-7-9-13-23)28(37)22-36-21-25-15-11-10-14-24(25)20-27(36)31(38)35-33(2,3)4/h7-9,12-13,24-30,37H,5-6,10-11,14-22H2,1-4H3,(H,34,39)(H,35,38)/t24-,25+,26-,27-,28+,29-,30-/m0/s1. The van der Waals surface area contributed by atoms with Gasteiger partial charge in [0.2, 0.25) is 5.91 Å². The number of amides is 2. The van der Waals surface area contributed by atoms with Crippen LogP contribution in [0, 0.1) is 11.8 Å². The molecule has 0 radical (unpaired) electrons. The van der Waals surface area contributed by atoms with Crippen LogP contribution in [0.25, 0.3) is 0 Å². The van der Waals surface area contributed by atoms with Crippen LogP contribution in [-0.4, -0.2) is 84.3 Å². The van der Waals surface area contributed by atoms with E-state index in [1.807, 2.05) is 58.0 Å². The molecule has 3 fully saturated rings. The summed E-state index contributed by atoms with van der Waals surface area (Å²) in [6, 6.07) is 8.62. The molecule has 10 heteroatoms. The van der Waals surface area contributed by atoms with Crippen molar-refractivity contribution in [2.24, 2.45) is 11.8 Å². The molecule has 242 valence electrons. The zero-order valence-electron chi connectivity index (χ0n) is 26.5. The minimum absolute atomic E-state index is 0.0173. The quantitative estimate of drug-likeness (QED) is 0.339. The summed E-state index contributed by atoms with van der Waals surface area (Å²) in [5.41, 5.74) is 0.582. The Balaban J connectivity index is 1.49. The fourth-order valence-corrected chi connectivity index (χ4v) is 9.27. The van der Waals surface area contributed by atoms with Crippen molar-refractivity contribution in [3.63, 3.8) is 0 Å². The number of unbranched alkanes of at least 4 members (excludes halogenated alkanes) is 1. The predicted molar refractivity (Wildman–Crippen MR) is 168 cm³/mol. The number of β-amino-alcohol motifs (C(OH)–C–C–N with tert-alkyl or cyclic N) is 1. The first-order valence-electron chi connectivity index (χ1n) is 16.3. The zero-order valence-corrected chi connectivity index (χ0v) is 27.3. The van der Waals surface area contributed by atoms with Crippen LogP contribution in [0.2, 0.25) is 0 Å². The Hall–Kier alpha value is -2.17. The van der Waals surface area contributed by atoms with E-state index in [-0.39, 0.29) is 36.2 Å². The van der Waals surface area contributed by atoms with E-state index >= 15 is 0 Å². The van der Waals surface area contributed by atoms with Gasteiger partial charge >= 0.3 is 6.09 Å². The maximum atomic E-state index is 13.5. The number of rotatable bonds is 11. The summed E-state index contributed by atoms with van der Waals surface area (Å²) in [4.78, 5) is 28.8. The molecule has 7 atom stereocenters. The fraction of sp³-hybridized carbons (Fsp3) is 0.758. The van der Waals surface area contributed by atoms with E-state index in [0.29, 0.717) is 24.7 Å². The van der Waals surface area contributed by atoms with Crippen molar-refractivity contribution in [1.29, 1.82) is 0 Å². The topological polar surface area (TPSA) is 125 Å². The van der Waals surface area contributed by atoms with Crippen molar-refractivity contribution in [2.75, 3.05) is 18.8 Å². The van der Waals surface area contributed by atoms with Crippen LogP contribution in [-0.2, 0) is 25.8 Å². The molecule has 3 aliphatic rings. The lowest BCUT2D eigenvalue weighted by Crippen LogP contribution is -2.60. The van der Waals surface area contributed by atoms with Gasteiger partial charge in [-0.25, -0.2) is 13.2 Å². The zero-order chi connectivity index (χ0) is 31.2. The van der Waals surface area contributed by atoms with Crippen LogP contribution in [0.3, 0.4) is 0 Å². The van der Waals surface area contributed by atoms with Crippen LogP contribution in [0.5, 0.6) is 0 Å². The van der Waals surface area contributed by atoms with Gasteiger partial charge in [-0.15, -0.1) is 0 Å². The molecule has 2 heterocycles. The van der Waals surface area contributed by atoms with Gasteiger partial charge in [0.1, 0.15) is 6.10 Å². The number of aliphatic hydroxyl groups is 1. The summed E-state index contributed by atoms with van der Waals surface area (Å²) in [6.07, 6.45) is 5.81. The number of hydrogen-bond acceptors (Lipinski definition) is 7. The van der Waals surface area contributed by atoms with Crippen LogP contribution < -0.4 is 10.6 Å². The molecule has 0 spiro atoms. The molecule has 2 amide bonds. The van der Waals surface area contributed by atoms with Gasteiger partial charge in [0, 0.05) is 18.6 Å². The lowest BCUT2D eigenvalue weighted by Gasteiger charge is -2.47. The third kappa shape index (κ3) is 9.41. The smallest absolute Gasteiger partial charge is 0.407 e. The molecule has 43 heavy (non-hydrogen) atoms. The average Bonchev–Trinajstić information content (AvgIpc) is 3.22. The van der Waals surface area contributed by atoms with Crippen molar-refractivity contribution in [3.05, 3.63) is 35.9 Å². The van der Waals surface area contributed by atoms with Crippen LogP contribution in [0.15, 0.2) is 30.3 Å². The lowest BCUT2D eigenvalue weighted by molar-refractivity contribution is -0.132. The molecule has 2 aliphatic heterocycles. The molecule has 3 N–H and O–H groups in total. The van der Waals surface area contributed by atoms with E-state index in [1.54, 1.807) is 0 Å². The Bertz CT molecular complexity index is 1170. The summed E-state index contributed by atoms with van der Waals surface area (Å²) < 4.78 is 31.0. The van der Waals surface area contributed by atoms with Gasteiger partial charge < -0.3 is 20.5 Å². The van der Waals surface area contributed by atoms with E-state index in [1.165, 1.54) is 12.8 Å². The number of nitrogens with zero attached hydrogens (tertiary/aromatic N) is 1. The third-order valence-electron chi connectivity index (χ3n) is 9.45. The number of fused-ring (bicyclic) bond motifs is 1. The Morgan fingerprint density at radius 2 is 1.79 bits per heavy atom. The molecule has 0 unspecified atom stereocenters. The van der Waals surface area contributed by atoms with E-state index in [2.05, 4.69) is 15.5 Å². The fourth-order valence-electron chi connectivity index (χ4n) is 7.22. The number of benzene rings is 1. The van der Waals surface area contributed by atoms with Gasteiger partial charge in [-0.3, -0.25) is 9.69 Å². The van der Waals surface area contributed by atoms with Crippen LogP contribution in [0.1, 0.15) is 91.0 Å². The molecular formula is C33H53N3O6S. The second kappa shape index (κ2) is 14.7. The number of carbonyl (C=O) groups is 2. The Labute approximate surface area is 258 Å². The van der Waals surface area contributed by atoms with Crippen LogP contribution in [0.4, 0.5) is 4.79 Å². The largest absolute Gasteiger partial charge is 0.445 e. The minimum Gasteiger partial charge on any atom is -0.445 e. The maximum Gasteiger partial charge on any atom is 0.407 e. The molecule has 4 rings (SSSR count). The van der Waals surface area contributed by atoms with Crippen molar-refractivity contribution < 1.29 is 27.9 Å². The molecule has 1 aliphatic carbocycles. The van der Waals surface area contributed by atoms with Crippen molar-refractivity contribution in [1.82, 2.24) is 15.5 Å². The summed E-state index contributed by atoms with van der Waals surface area (Å²) in [5, 5.41) is 17.0. The van der Waals surface area contributed by atoms with Crippen LogP contribution >= 0.6 is 0 Å². The molecule has 0 aromatic heterocycles. The number of aliphatic hydroxyl groups excluding tert-OH is 1. The Kier molecular flexibility index (Phi) is 11.6. The molecular weight excluding hydrogens is 566 g/mol. The molecule has 1 aromatic rings. The summed E-state index contributed by atoms with van der Waals surface area (Å²) in [6.45, 7) is 8.91. The number of ether oxygens (including phenoxy) is 1. The van der Waals surface area contributed by atoms with Gasteiger partial charge in [-0.1, -0.05) is 69.4 Å². The third-order valence-corrected chi connectivity index (χ3v) is 11.7. The first-order chi connectivity index (χ1) is 20.4.